The van der Waals surface area contributed by atoms with E-state index in [1.54, 1.807) is 24.5 Å². The van der Waals surface area contributed by atoms with E-state index in [0.29, 0.717) is 47.3 Å². The van der Waals surface area contributed by atoms with Crippen molar-refractivity contribution in [3.63, 3.8) is 0 Å². The van der Waals surface area contributed by atoms with E-state index in [2.05, 4.69) is 24.8 Å². The molecule has 1 saturated heterocycles. The third kappa shape index (κ3) is 2.94. The van der Waals surface area contributed by atoms with Gasteiger partial charge in [0, 0.05) is 49.1 Å². The van der Waals surface area contributed by atoms with Crippen LogP contribution in [0.4, 0.5) is 5.82 Å². The molecule has 33 heavy (non-hydrogen) atoms. The second-order valence-corrected chi connectivity index (χ2v) is 8.93. The number of fused-ring (bicyclic) bond motifs is 3. The number of halogens is 1. The molecule has 1 saturated carbocycles. The monoisotopic (exact) mass is 464 g/mol. The lowest BCUT2D eigenvalue weighted by atomic mass is 10.1. The van der Waals surface area contributed by atoms with Crippen LogP contribution in [0.3, 0.4) is 0 Å². The summed E-state index contributed by atoms with van der Waals surface area (Å²) in [5.74, 6) is 0.719. The van der Waals surface area contributed by atoms with E-state index in [0.717, 1.165) is 16.6 Å². The van der Waals surface area contributed by atoms with Crippen molar-refractivity contribution in [1.82, 2.24) is 24.9 Å². The summed E-state index contributed by atoms with van der Waals surface area (Å²) in [7, 11) is 0. The highest BCUT2D eigenvalue weighted by Gasteiger charge is 2.70. The maximum Gasteiger partial charge on any atom is 0.325 e. The fraction of sp³-hybridized carbons (Fsp3) is 0.318. The Morgan fingerprint density at radius 2 is 1.97 bits per heavy atom. The van der Waals surface area contributed by atoms with E-state index < -0.39 is 11.4 Å². The zero-order valence-corrected chi connectivity index (χ0v) is 18.5. The molecule has 2 fully saturated rings. The summed E-state index contributed by atoms with van der Waals surface area (Å²) in [5, 5.41) is 1.32. The molecule has 1 aliphatic heterocycles. The third-order valence-electron chi connectivity index (χ3n) is 6.79. The number of rotatable bonds is 5. The van der Waals surface area contributed by atoms with Gasteiger partial charge in [-0.3, -0.25) is 14.8 Å². The zero-order chi connectivity index (χ0) is 22.9. The summed E-state index contributed by atoms with van der Waals surface area (Å²) < 4.78 is 6.02. The number of primary amides is 1. The lowest BCUT2D eigenvalue weighted by Crippen LogP contribution is -2.47. The van der Waals surface area contributed by atoms with Crippen LogP contribution >= 0.6 is 11.6 Å². The Kier molecular flexibility index (Phi) is 4.27. The quantitative estimate of drug-likeness (QED) is 0.406. The molecule has 3 aromatic heterocycles. The van der Waals surface area contributed by atoms with Crippen LogP contribution in [0, 0.1) is 11.8 Å². The first kappa shape index (κ1) is 20.1. The summed E-state index contributed by atoms with van der Waals surface area (Å²) >= 11 is 6.68. The van der Waals surface area contributed by atoms with Crippen molar-refractivity contribution in [3.8, 4) is 11.8 Å². The molecule has 0 bridgehead atoms. The molecule has 6 rings (SSSR count). The lowest BCUT2D eigenvalue weighted by molar-refractivity contribution is -0.120. The Bertz CT molecular complexity index is 1420. The second-order valence-electron chi connectivity index (χ2n) is 8.55. The van der Waals surface area contributed by atoms with E-state index in [1.165, 1.54) is 0 Å². The molecule has 2 aliphatic rings. The minimum absolute atomic E-state index is 0.00758. The van der Waals surface area contributed by atoms with Crippen LogP contribution in [0.1, 0.15) is 12.6 Å². The number of carbonyl (C=O) groups is 1. The highest BCUT2D eigenvalue weighted by molar-refractivity contribution is 6.37. The largest absolute Gasteiger partial charge is 0.424 e. The fourth-order valence-corrected chi connectivity index (χ4v) is 5.26. The van der Waals surface area contributed by atoms with Crippen molar-refractivity contribution in [2.45, 2.75) is 18.9 Å². The third-order valence-corrected chi connectivity index (χ3v) is 7.21. The van der Waals surface area contributed by atoms with E-state index >= 15 is 0 Å². The number of nitrogens with one attached hydrogen (secondary N) is 1. The topological polar surface area (TPSA) is 149 Å². The molecule has 2 atom stereocenters. The van der Waals surface area contributed by atoms with Gasteiger partial charge in [0.1, 0.15) is 22.8 Å². The number of benzene rings is 1. The first-order valence-corrected chi connectivity index (χ1v) is 11.1. The van der Waals surface area contributed by atoms with Crippen molar-refractivity contribution in [3.05, 3.63) is 41.3 Å². The summed E-state index contributed by atoms with van der Waals surface area (Å²) in [6.07, 6.45) is 3.98. The normalized spacial score (nSPS) is 23.8. The van der Waals surface area contributed by atoms with Crippen molar-refractivity contribution < 1.29 is 9.53 Å². The molecule has 1 amide bonds. The second kappa shape index (κ2) is 7.00. The molecule has 0 spiro atoms. The van der Waals surface area contributed by atoms with Gasteiger partial charge in [0.25, 0.3) is 0 Å². The molecule has 11 heteroatoms. The molecule has 4 aromatic rings. The molecule has 10 nitrogen and oxygen atoms in total. The van der Waals surface area contributed by atoms with Gasteiger partial charge in [0.2, 0.25) is 5.91 Å². The first-order chi connectivity index (χ1) is 15.9. The number of nitrogens with two attached hydrogens (primary N) is 2. The maximum atomic E-state index is 11.8. The SMILES string of the molecule is CCc1[nH]c2nc(Oc3ccc4nccnc4c3)nc(N3CC4C(C3)C4(N)C(N)=O)c2c1Cl. The van der Waals surface area contributed by atoms with Crippen LogP contribution < -0.4 is 21.1 Å². The van der Waals surface area contributed by atoms with Crippen LogP contribution in [-0.2, 0) is 11.2 Å². The van der Waals surface area contributed by atoms with Gasteiger partial charge in [-0.05, 0) is 18.6 Å². The van der Waals surface area contributed by atoms with Crippen LogP contribution in [-0.4, -0.2) is 49.5 Å². The smallest absolute Gasteiger partial charge is 0.325 e. The van der Waals surface area contributed by atoms with Gasteiger partial charge in [0.05, 0.1) is 21.4 Å². The summed E-state index contributed by atoms with van der Waals surface area (Å²) in [6.45, 7) is 3.13. The molecule has 2 unspecified atom stereocenters. The molecule has 1 aliphatic carbocycles. The number of amides is 1. The standard InChI is InChI=1S/C22H21ClN8O2/c1-2-13-17(23)16-18(28-13)29-21(33-10-3-4-14-15(7-10)27-6-5-26-14)30-19(16)31-8-11-12(9-31)22(11,25)20(24)32/h3-7,11-12H,2,8-9,25H2,1H3,(H2,24,32)(H,28,29,30). The van der Waals surface area contributed by atoms with Crippen molar-refractivity contribution in [2.24, 2.45) is 23.3 Å². The number of hydrogen-bond acceptors (Lipinski definition) is 8. The molecule has 5 N–H and O–H groups in total. The van der Waals surface area contributed by atoms with Gasteiger partial charge in [-0.25, -0.2) is 0 Å². The zero-order valence-electron chi connectivity index (χ0n) is 17.7. The Morgan fingerprint density at radius 1 is 1.24 bits per heavy atom. The number of ether oxygens (including phenoxy) is 1. The highest BCUT2D eigenvalue weighted by Crippen LogP contribution is 2.54. The maximum absolute atomic E-state index is 11.8. The molecular weight excluding hydrogens is 444 g/mol. The van der Waals surface area contributed by atoms with Gasteiger partial charge in [-0.1, -0.05) is 18.5 Å². The van der Waals surface area contributed by atoms with Crippen LogP contribution in [0.25, 0.3) is 22.1 Å². The summed E-state index contributed by atoms with van der Waals surface area (Å²) in [4.78, 5) is 35.0. The van der Waals surface area contributed by atoms with Crippen LogP contribution in [0.5, 0.6) is 11.8 Å². The molecule has 168 valence electrons. The number of H-pyrrole nitrogens is 1. The Hall–Kier alpha value is -3.50. The molecular formula is C22H21ClN8O2. The summed E-state index contributed by atoms with van der Waals surface area (Å²) in [5.41, 5.74) is 13.7. The van der Waals surface area contributed by atoms with E-state index in [9.17, 15) is 4.79 Å². The number of aromatic nitrogens is 5. The number of nitrogens with zero attached hydrogens (tertiary/aromatic N) is 5. The number of aromatic amines is 1. The van der Waals surface area contributed by atoms with Gasteiger partial charge < -0.3 is 26.1 Å². The molecule has 0 radical (unpaired) electrons. The van der Waals surface area contributed by atoms with Crippen molar-refractivity contribution >= 4 is 45.4 Å². The van der Waals surface area contributed by atoms with Gasteiger partial charge in [-0.2, -0.15) is 9.97 Å². The van der Waals surface area contributed by atoms with Crippen LogP contribution in [0.15, 0.2) is 30.6 Å². The summed E-state index contributed by atoms with van der Waals surface area (Å²) in [6, 6.07) is 5.59. The number of hydrogen-bond donors (Lipinski definition) is 3. The number of piperidine rings is 1. The molecule has 4 heterocycles. The number of anilines is 1. The number of aryl methyl sites for hydroxylation is 1. The minimum atomic E-state index is -0.940. The van der Waals surface area contributed by atoms with Crippen molar-refractivity contribution in [2.75, 3.05) is 18.0 Å². The van der Waals surface area contributed by atoms with E-state index in [-0.39, 0.29) is 17.8 Å². The Morgan fingerprint density at radius 3 is 2.67 bits per heavy atom. The van der Waals surface area contributed by atoms with E-state index in [4.69, 9.17) is 32.8 Å². The fourth-order valence-electron chi connectivity index (χ4n) is 4.91. The predicted octanol–water partition coefficient (Wildman–Crippen LogP) is 2.16. The van der Waals surface area contributed by atoms with Gasteiger partial charge >= 0.3 is 6.01 Å². The first-order valence-electron chi connectivity index (χ1n) is 10.7. The Labute approximate surface area is 193 Å². The minimum Gasteiger partial charge on any atom is -0.424 e. The van der Waals surface area contributed by atoms with E-state index in [1.807, 2.05) is 13.0 Å². The average Bonchev–Trinajstić information content (AvgIpc) is 3.12. The highest BCUT2D eigenvalue weighted by atomic mass is 35.5. The Balaban J connectivity index is 1.39. The van der Waals surface area contributed by atoms with Crippen LogP contribution in [0.2, 0.25) is 5.02 Å². The predicted molar refractivity (Wildman–Crippen MR) is 123 cm³/mol. The average molecular weight is 465 g/mol. The van der Waals surface area contributed by atoms with Gasteiger partial charge in [-0.15, -0.1) is 0 Å². The molecule has 1 aromatic carbocycles. The van der Waals surface area contributed by atoms with Gasteiger partial charge in [0.15, 0.2) is 0 Å². The number of carbonyl (C=O) groups excluding carboxylic acids is 1. The van der Waals surface area contributed by atoms with Crippen molar-refractivity contribution in [1.29, 1.82) is 0 Å². The lowest BCUT2D eigenvalue weighted by Gasteiger charge is -2.24.